The van der Waals surface area contributed by atoms with E-state index in [0.717, 1.165) is 31.3 Å². The van der Waals surface area contributed by atoms with Gasteiger partial charge in [-0.1, -0.05) is 0 Å². The second kappa shape index (κ2) is 11.1. The molecule has 3 N–H and O–H groups in total. The van der Waals surface area contributed by atoms with Gasteiger partial charge in [0.1, 0.15) is 0 Å². The predicted molar refractivity (Wildman–Crippen MR) is 146 cm³/mol. The van der Waals surface area contributed by atoms with Gasteiger partial charge in [0.15, 0.2) is 0 Å². The van der Waals surface area contributed by atoms with Gasteiger partial charge in [-0.15, -0.1) is 0 Å². The molecule has 0 saturated carbocycles. The molecule has 184 valence electrons. The second-order valence-corrected chi connectivity index (χ2v) is 10.6. The van der Waals surface area contributed by atoms with E-state index in [1.165, 1.54) is 0 Å². The number of fused-ring (bicyclic) bond motifs is 1. The zero-order valence-electron chi connectivity index (χ0n) is 20.0. The van der Waals surface area contributed by atoms with Crippen LogP contribution in [0.2, 0.25) is 0 Å². The predicted octanol–water partition coefficient (Wildman–Crippen LogP) is 3.41. The number of nitrogens with one attached hydrogen (secondary N) is 3. The summed E-state index contributed by atoms with van der Waals surface area (Å²) in [5, 5.41) is 6.85. The number of aromatic amines is 1. The van der Waals surface area contributed by atoms with Crippen LogP contribution in [0, 0.1) is 0 Å². The molecule has 2 heterocycles. The molecule has 2 aromatic heterocycles. The first-order chi connectivity index (χ1) is 18.1. The van der Waals surface area contributed by atoms with Gasteiger partial charge < -0.3 is 0 Å². The standard InChI is InChI=1S/C29H24N4O3Se/c1-36-23-11-9-21(10-12-23)33-29(35)20-8-13-26-25(16-20)27(18-31-26)37-24-7-4-5-19(15-24)28(34)32-17-22-6-2-3-14-30-22/h2-16,18,31H,17H2,1H3,(H,32,34)(H,33,35). The molecule has 2 amide bonds. The molecule has 0 saturated heterocycles. The van der Waals surface area contributed by atoms with Gasteiger partial charge in [0.2, 0.25) is 0 Å². The van der Waals surface area contributed by atoms with Crippen molar-refractivity contribution in [3.8, 4) is 5.75 Å². The normalized spacial score (nSPS) is 10.7. The van der Waals surface area contributed by atoms with Gasteiger partial charge in [0.05, 0.1) is 0 Å². The van der Waals surface area contributed by atoms with Crippen molar-refractivity contribution in [1.82, 2.24) is 15.3 Å². The summed E-state index contributed by atoms with van der Waals surface area (Å²) in [4.78, 5) is 33.1. The van der Waals surface area contributed by atoms with Crippen molar-refractivity contribution in [3.63, 3.8) is 0 Å². The third kappa shape index (κ3) is 5.89. The molecule has 7 nitrogen and oxygen atoms in total. The summed E-state index contributed by atoms with van der Waals surface area (Å²) < 4.78 is 7.34. The van der Waals surface area contributed by atoms with Crippen LogP contribution in [0.25, 0.3) is 10.9 Å². The number of ether oxygens (including phenoxy) is 1. The zero-order valence-corrected chi connectivity index (χ0v) is 21.7. The van der Waals surface area contributed by atoms with Crippen molar-refractivity contribution in [2.45, 2.75) is 6.54 Å². The Bertz CT molecular complexity index is 1550. The average Bonchev–Trinajstić information content (AvgIpc) is 3.34. The minimum absolute atomic E-state index is 0.0688. The van der Waals surface area contributed by atoms with Gasteiger partial charge in [0, 0.05) is 0 Å². The van der Waals surface area contributed by atoms with E-state index >= 15 is 0 Å². The summed E-state index contributed by atoms with van der Waals surface area (Å²) in [5.41, 5.74) is 3.64. The third-order valence-corrected chi connectivity index (χ3v) is 7.93. The summed E-state index contributed by atoms with van der Waals surface area (Å²) in [5.74, 6) is 0.409. The minimum atomic E-state index is -0.182. The van der Waals surface area contributed by atoms with E-state index in [-0.39, 0.29) is 26.8 Å². The number of benzene rings is 3. The number of amides is 2. The number of nitrogens with zero attached hydrogens (tertiary/aromatic N) is 1. The van der Waals surface area contributed by atoms with Gasteiger partial charge in [-0.05, 0) is 0 Å². The summed E-state index contributed by atoms with van der Waals surface area (Å²) in [6.07, 6.45) is 3.68. The summed E-state index contributed by atoms with van der Waals surface area (Å²) >= 11 is -0.0688. The second-order valence-electron chi connectivity index (χ2n) is 8.23. The van der Waals surface area contributed by atoms with Crippen LogP contribution in [0.5, 0.6) is 5.75 Å². The quantitative estimate of drug-likeness (QED) is 0.256. The van der Waals surface area contributed by atoms with E-state index < -0.39 is 0 Å². The molecular formula is C29H24N4O3Se. The Morgan fingerprint density at radius 2 is 1.76 bits per heavy atom. The molecule has 3 aromatic carbocycles. The number of pyridine rings is 1. The molecule has 5 rings (SSSR count). The number of carbonyl (C=O) groups is 2. The number of hydrogen-bond acceptors (Lipinski definition) is 4. The van der Waals surface area contributed by atoms with Crippen molar-refractivity contribution in [2.24, 2.45) is 0 Å². The molecule has 8 heteroatoms. The molecule has 0 radical (unpaired) electrons. The first-order valence-electron chi connectivity index (χ1n) is 11.6. The average molecular weight is 555 g/mol. The van der Waals surface area contributed by atoms with Gasteiger partial charge in [0.25, 0.3) is 0 Å². The zero-order chi connectivity index (χ0) is 25.6. The van der Waals surface area contributed by atoms with Crippen molar-refractivity contribution < 1.29 is 14.3 Å². The summed E-state index contributed by atoms with van der Waals surface area (Å²) in [7, 11) is 1.60. The molecule has 0 atom stereocenters. The van der Waals surface area contributed by atoms with Gasteiger partial charge in [-0.3, -0.25) is 0 Å². The maximum absolute atomic E-state index is 12.9. The monoisotopic (exact) mass is 556 g/mol. The van der Waals surface area contributed by atoms with Crippen molar-refractivity contribution in [1.29, 1.82) is 0 Å². The van der Waals surface area contributed by atoms with Crippen molar-refractivity contribution in [2.75, 3.05) is 12.4 Å². The van der Waals surface area contributed by atoms with Crippen LogP contribution in [-0.2, 0) is 6.54 Å². The SMILES string of the molecule is COc1ccc(NC(=O)c2ccc3[nH]cc([Se]c4cccc(C(=O)NCc5ccccn5)c4)c3c2)cc1. The van der Waals surface area contributed by atoms with Crippen LogP contribution in [-0.4, -0.2) is 43.8 Å². The Morgan fingerprint density at radius 3 is 2.54 bits per heavy atom. The Labute approximate surface area is 220 Å². The summed E-state index contributed by atoms with van der Waals surface area (Å²) in [6, 6.07) is 26.1. The van der Waals surface area contributed by atoms with Crippen LogP contribution >= 0.6 is 0 Å². The molecule has 0 bridgehead atoms. The van der Waals surface area contributed by atoms with Crippen LogP contribution in [0.15, 0.2) is 97.3 Å². The fraction of sp³-hybridized carbons (Fsp3) is 0.0690. The van der Waals surface area contributed by atoms with Crippen LogP contribution in [0.1, 0.15) is 26.4 Å². The number of anilines is 1. The number of aromatic nitrogens is 2. The van der Waals surface area contributed by atoms with Gasteiger partial charge in [-0.25, -0.2) is 0 Å². The van der Waals surface area contributed by atoms with Gasteiger partial charge in [-0.2, -0.15) is 0 Å². The number of H-pyrrole nitrogens is 1. The Morgan fingerprint density at radius 1 is 0.919 bits per heavy atom. The van der Waals surface area contributed by atoms with Crippen molar-refractivity contribution >= 4 is 52.3 Å². The molecule has 0 aliphatic rings. The molecule has 5 aromatic rings. The topological polar surface area (TPSA) is 96.1 Å². The van der Waals surface area contributed by atoms with E-state index in [4.69, 9.17) is 4.74 Å². The van der Waals surface area contributed by atoms with Crippen molar-refractivity contribution in [3.05, 3.63) is 114 Å². The molecule has 37 heavy (non-hydrogen) atoms. The van der Waals surface area contributed by atoms with Crippen LogP contribution in [0.4, 0.5) is 5.69 Å². The Balaban J connectivity index is 1.30. The van der Waals surface area contributed by atoms with E-state index in [2.05, 4.69) is 20.6 Å². The number of methoxy groups -OCH3 is 1. The van der Waals surface area contributed by atoms with E-state index in [0.29, 0.717) is 23.4 Å². The maximum atomic E-state index is 12.9. The van der Waals surface area contributed by atoms with E-state index in [9.17, 15) is 9.59 Å². The third-order valence-electron chi connectivity index (χ3n) is 5.73. The van der Waals surface area contributed by atoms with Crippen LogP contribution in [0.3, 0.4) is 0 Å². The Kier molecular flexibility index (Phi) is 7.31. The molecule has 0 unspecified atom stereocenters. The number of carbonyl (C=O) groups excluding carboxylic acids is 2. The van der Waals surface area contributed by atoms with Gasteiger partial charge >= 0.3 is 221 Å². The number of hydrogen-bond donors (Lipinski definition) is 3. The fourth-order valence-electron chi connectivity index (χ4n) is 3.80. The number of rotatable bonds is 8. The Hall–Kier alpha value is -4.39. The molecular weight excluding hydrogens is 531 g/mol. The molecule has 0 spiro atoms. The van der Waals surface area contributed by atoms with E-state index in [1.54, 1.807) is 43.6 Å². The molecule has 0 aliphatic carbocycles. The summed E-state index contributed by atoms with van der Waals surface area (Å²) in [6.45, 7) is 0.374. The van der Waals surface area contributed by atoms with Crippen LogP contribution < -0.4 is 24.3 Å². The first-order valence-corrected chi connectivity index (χ1v) is 13.3. The first kappa shape index (κ1) is 24.3. The van der Waals surface area contributed by atoms with E-state index in [1.807, 2.05) is 60.8 Å². The fourth-order valence-corrected chi connectivity index (χ4v) is 5.86. The molecule has 0 fully saturated rings. The molecule has 0 aliphatic heterocycles.